The van der Waals surface area contributed by atoms with E-state index in [1.54, 1.807) is 13.0 Å². The lowest BCUT2D eigenvalue weighted by atomic mass is 9.90. The molecule has 0 saturated heterocycles. The van der Waals surface area contributed by atoms with E-state index in [-0.39, 0.29) is 18.3 Å². The molecule has 13 heteroatoms. The van der Waals surface area contributed by atoms with Crippen LogP contribution in [-0.2, 0) is 25.7 Å². The molecule has 2 aromatic rings. The molecule has 1 saturated carbocycles. The van der Waals surface area contributed by atoms with Crippen molar-refractivity contribution in [3.05, 3.63) is 59.2 Å². The van der Waals surface area contributed by atoms with Crippen molar-refractivity contribution in [2.45, 2.75) is 62.9 Å². The van der Waals surface area contributed by atoms with Gasteiger partial charge < -0.3 is 9.47 Å². The second kappa shape index (κ2) is 12.3. The molecule has 39 heavy (non-hydrogen) atoms. The summed E-state index contributed by atoms with van der Waals surface area (Å²) in [4.78, 5) is 12.5. The Bertz CT molecular complexity index is 1310. The summed E-state index contributed by atoms with van der Waals surface area (Å²) in [7, 11) is -5.11. The minimum absolute atomic E-state index is 0.0937. The summed E-state index contributed by atoms with van der Waals surface area (Å²) in [6.45, 7) is 2.65. The number of nitrogens with zero attached hydrogens (tertiary/aromatic N) is 1. The van der Waals surface area contributed by atoms with Gasteiger partial charge in [0.15, 0.2) is 5.71 Å². The van der Waals surface area contributed by atoms with Crippen LogP contribution >= 0.6 is 0 Å². The highest BCUT2D eigenvalue weighted by atomic mass is 32.2. The van der Waals surface area contributed by atoms with E-state index in [0.29, 0.717) is 17.7 Å². The zero-order chi connectivity index (χ0) is 28.8. The standard InChI is InChI=1S/C26H29F5N2O5S/c1-3-37-24(34)25(27,28)23(32-33-39(35,36)22-12-8-7-11-20(22)26(29,30)31)19-15-17(2)13-14-21(19)38-16-18-9-5-4-6-10-18/h7-8,11-15,18,33H,3-6,9-10,16H2,1-2H3. The first-order valence-corrected chi connectivity index (χ1v) is 13.8. The Balaban J connectivity index is 2.08. The fourth-order valence-corrected chi connectivity index (χ4v) is 5.27. The smallest absolute Gasteiger partial charge is 0.417 e. The number of halogens is 5. The average molecular weight is 577 g/mol. The van der Waals surface area contributed by atoms with E-state index >= 15 is 8.78 Å². The van der Waals surface area contributed by atoms with E-state index < -0.39 is 56.4 Å². The molecule has 0 aliphatic heterocycles. The third-order valence-corrected chi connectivity index (χ3v) is 7.44. The van der Waals surface area contributed by atoms with E-state index in [1.807, 2.05) is 0 Å². The lowest BCUT2D eigenvalue weighted by Gasteiger charge is -2.24. The van der Waals surface area contributed by atoms with Crippen molar-refractivity contribution in [1.29, 1.82) is 0 Å². The van der Waals surface area contributed by atoms with Crippen LogP contribution in [0.25, 0.3) is 0 Å². The summed E-state index contributed by atoms with van der Waals surface area (Å²) in [5.74, 6) is -6.42. The van der Waals surface area contributed by atoms with Gasteiger partial charge in [-0.3, -0.25) is 0 Å². The molecule has 0 aromatic heterocycles. The number of aryl methyl sites for hydroxylation is 1. The highest BCUT2D eigenvalue weighted by molar-refractivity contribution is 7.89. The summed E-state index contributed by atoms with van der Waals surface area (Å²) in [6, 6.07) is 7.40. The van der Waals surface area contributed by atoms with Gasteiger partial charge in [-0.05, 0) is 56.9 Å². The summed E-state index contributed by atoms with van der Waals surface area (Å²) in [5, 5.41) is 3.32. The molecule has 0 atom stereocenters. The Kier molecular flexibility index (Phi) is 9.57. The number of ether oxygens (including phenoxy) is 2. The van der Waals surface area contributed by atoms with Crippen molar-refractivity contribution in [1.82, 2.24) is 4.83 Å². The second-order valence-electron chi connectivity index (χ2n) is 9.16. The van der Waals surface area contributed by atoms with Crippen molar-refractivity contribution in [2.75, 3.05) is 13.2 Å². The second-order valence-corrected chi connectivity index (χ2v) is 10.8. The average Bonchev–Trinajstić information content (AvgIpc) is 2.88. The lowest BCUT2D eigenvalue weighted by molar-refractivity contribution is -0.162. The molecule has 1 aliphatic carbocycles. The molecule has 0 heterocycles. The van der Waals surface area contributed by atoms with Gasteiger partial charge in [0.1, 0.15) is 10.6 Å². The first-order chi connectivity index (χ1) is 18.3. The summed E-state index contributed by atoms with van der Waals surface area (Å²) >= 11 is 0. The van der Waals surface area contributed by atoms with E-state index in [1.165, 1.54) is 23.9 Å². The lowest BCUT2D eigenvalue weighted by Crippen LogP contribution is -2.42. The van der Waals surface area contributed by atoms with Crippen molar-refractivity contribution in [2.24, 2.45) is 11.0 Å². The Morgan fingerprint density at radius 3 is 2.36 bits per heavy atom. The zero-order valence-corrected chi connectivity index (χ0v) is 22.2. The normalized spacial score (nSPS) is 15.6. The number of carbonyl (C=O) groups excluding carboxylic acids is 1. The van der Waals surface area contributed by atoms with Crippen LogP contribution in [0.4, 0.5) is 22.0 Å². The van der Waals surface area contributed by atoms with Gasteiger partial charge in [0.25, 0.3) is 10.0 Å². The molecule has 1 N–H and O–H groups in total. The molecule has 0 spiro atoms. The third-order valence-electron chi connectivity index (χ3n) is 6.18. The Labute approximate surface area is 223 Å². The Morgan fingerprint density at radius 2 is 1.72 bits per heavy atom. The maximum absolute atomic E-state index is 15.4. The first kappa shape index (κ1) is 30.3. The zero-order valence-electron chi connectivity index (χ0n) is 21.4. The Hall–Kier alpha value is -3.22. The maximum atomic E-state index is 15.4. The van der Waals surface area contributed by atoms with E-state index in [0.717, 1.165) is 44.2 Å². The topological polar surface area (TPSA) is 94.1 Å². The van der Waals surface area contributed by atoms with Gasteiger partial charge in [-0.25, -0.2) is 4.79 Å². The fourth-order valence-electron chi connectivity index (χ4n) is 4.22. The van der Waals surface area contributed by atoms with Crippen LogP contribution in [0.3, 0.4) is 0 Å². The van der Waals surface area contributed by atoms with E-state index in [9.17, 15) is 26.4 Å². The molecule has 0 unspecified atom stereocenters. The molecule has 0 amide bonds. The van der Waals surface area contributed by atoms with Crippen LogP contribution in [-0.4, -0.2) is 39.2 Å². The van der Waals surface area contributed by atoms with E-state index in [4.69, 9.17) is 4.74 Å². The highest BCUT2D eigenvalue weighted by Gasteiger charge is 2.49. The van der Waals surface area contributed by atoms with Gasteiger partial charge in [0.2, 0.25) is 0 Å². The van der Waals surface area contributed by atoms with Crippen molar-refractivity contribution < 1.29 is 44.6 Å². The van der Waals surface area contributed by atoms with Crippen LogP contribution in [0.2, 0.25) is 0 Å². The van der Waals surface area contributed by atoms with Crippen molar-refractivity contribution in [3.8, 4) is 5.75 Å². The minimum Gasteiger partial charge on any atom is -0.493 e. The van der Waals surface area contributed by atoms with E-state index in [2.05, 4.69) is 9.84 Å². The number of benzene rings is 2. The highest BCUT2D eigenvalue weighted by Crippen LogP contribution is 2.35. The predicted octanol–water partition coefficient (Wildman–Crippen LogP) is 5.85. The van der Waals surface area contributed by atoms with Crippen molar-refractivity contribution in [3.63, 3.8) is 0 Å². The van der Waals surface area contributed by atoms with Gasteiger partial charge in [0.05, 0.1) is 18.8 Å². The first-order valence-electron chi connectivity index (χ1n) is 12.3. The van der Waals surface area contributed by atoms with Gasteiger partial charge in [-0.15, -0.1) is 0 Å². The van der Waals surface area contributed by atoms with Gasteiger partial charge >= 0.3 is 18.1 Å². The van der Waals surface area contributed by atoms with Crippen LogP contribution in [0.5, 0.6) is 5.75 Å². The quantitative estimate of drug-likeness (QED) is 0.166. The molecule has 214 valence electrons. The van der Waals surface area contributed by atoms with Gasteiger partial charge in [0, 0.05) is 5.56 Å². The molecule has 1 aliphatic rings. The monoisotopic (exact) mass is 576 g/mol. The molecule has 0 radical (unpaired) electrons. The predicted molar refractivity (Wildman–Crippen MR) is 133 cm³/mol. The number of carbonyl (C=O) groups is 1. The molecule has 0 bridgehead atoms. The molecule has 3 rings (SSSR count). The number of hydrogen-bond donors (Lipinski definition) is 1. The van der Waals surface area contributed by atoms with Crippen LogP contribution in [0.15, 0.2) is 52.5 Å². The summed E-state index contributed by atoms with van der Waals surface area (Å²) in [5.41, 5.74) is -2.85. The number of nitrogens with one attached hydrogen (secondary N) is 1. The van der Waals surface area contributed by atoms with Crippen molar-refractivity contribution >= 4 is 21.7 Å². The molecule has 1 fully saturated rings. The van der Waals surface area contributed by atoms with Gasteiger partial charge in [-0.2, -0.15) is 40.3 Å². The number of sulfonamides is 1. The fraction of sp³-hybridized carbons (Fsp3) is 0.462. The Morgan fingerprint density at radius 1 is 1.05 bits per heavy atom. The number of hydrogen-bond acceptors (Lipinski definition) is 6. The van der Waals surface area contributed by atoms with Gasteiger partial charge in [-0.1, -0.05) is 43.0 Å². The molecule has 2 aromatic carbocycles. The number of hydrazone groups is 1. The number of rotatable bonds is 10. The molecular weight excluding hydrogens is 547 g/mol. The molecular formula is C26H29F5N2O5S. The SMILES string of the molecule is CCOC(=O)C(F)(F)C(=NNS(=O)(=O)c1ccccc1C(F)(F)F)c1cc(C)ccc1OCC1CCCCC1. The summed E-state index contributed by atoms with van der Waals surface area (Å²) in [6.07, 6.45) is -0.178. The number of alkyl halides is 5. The third kappa shape index (κ3) is 7.46. The van der Waals surface area contributed by atoms with Crippen LogP contribution < -0.4 is 9.57 Å². The number of esters is 1. The van der Waals surface area contributed by atoms with Crippen LogP contribution in [0.1, 0.15) is 55.7 Å². The summed E-state index contributed by atoms with van der Waals surface area (Å²) < 4.78 is 107. The van der Waals surface area contributed by atoms with Crippen LogP contribution in [0, 0.1) is 12.8 Å². The maximum Gasteiger partial charge on any atom is 0.417 e. The largest absolute Gasteiger partial charge is 0.493 e. The minimum atomic E-state index is -5.11. The molecule has 7 nitrogen and oxygen atoms in total.